The van der Waals surface area contributed by atoms with Crippen molar-refractivity contribution in [3.8, 4) is 0 Å². The first kappa shape index (κ1) is 23.5. The predicted octanol–water partition coefficient (Wildman–Crippen LogP) is 5.33. The molecule has 5 nitrogen and oxygen atoms in total. The molecule has 2 aliphatic carbocycles. The highest BCUT2D eigenvalue weighted by atomic mass is 28.4. The van der Waals surface area contributed by atoms with Crippen LogP contribution in [0.2, 0.25) is 18.1 Å². The van der Waals surface area contributed by atoms with Crippen molar-refractivity contribution >= 4 is 14.1 Å². The summed E-state index contributed by atoms with van der Waals surface area (Å²) < 4.78 is 27.7. The quantitative estimate of drug-likeness (QED) is 0.529. The predicted molar refractivity (Wildman–Crippen MR) is 126 cm³/mol. The first-order valence-corrected chi connectivity index (χ1v) is 15.7. The van der Waals surface area contributed by atoms with Gasteiger partial charge in [0.25, 0.3) is 0 Å². The van der Waals surface area contributed by atoms with Gasteiger partial charge in [-0.2, -0.15) is 0 Å². The molecule has 32 heavy (non-hydrogen) atoms. The lowest BCUT2D eigenvalue weighted by atomic mass is 9.47. The largest absolute Gasteiger partial charge is 0.413 e. The van der Waals surface area contributed by atoms with E-state index in [-0.39, 0.29) is 45.8 Å². The third-order valence-electron chi connectivity index (χ3n) is 11.0. The number of ketones is 1. The zero-order chi connectivity index (χ0) is 23.5. The van der Waals surface area contributed by atoms with Gasteiger partial charge in [0.15, 0.2) is 8.32 Å². The molecule has 5 rings (SSSR count). The third-order valence-corrected chi connectivity index (χ3v) is 15.5. The summed E-state index contributed by atoms with van der Waals surface area (Å²) in [7, 11) is -0.187. The molecule has 1 spiro atoms. The molecule has 2 saturated carbocycles. The second-order valence-electron chi connectivity index (χ2n) is 13.7. The molecule has 0 amide bonds. The zero-order valence-electron chi connectivity index (χ0n) is 21.7. The van der Waals surface area contributed by atoms with Crippen LogP contribution in [0.3, 0.4) is 0 Å². The molecule has 0 unspecified atom stereocenters. The number of ether oxygens (including phenoxy) is 3. The SMILES string of the molecule is CO[C@]12OC[C@H]3CC[C@H](O[Si](C)(C)C(C)(C)C)[C@@]4(C)C[C@@H](O[C@]314)[C@H]1C(=O)CC[C@@H]2C1(C)C. The molecule has 0 aromatic carbocycles. The average Bonchev–Trinajstić information content (AvgIpc) is 3.14. The number of carbonyl (C=O) groups excluding carboxylic acids is 1. The second-order valence-corrected chi connectivity index (χ2v) is 18.5. The van der Waals surface area contributed by atoms with Gasteiger partial charge in [-0.3, -0.25) is 4.79 Å². The Morgan fingerprint density at radius 2 is 1.78 bits per heavy atom. The van der Waals surface area contributed by atoms with Crippen LogP contribution in [0, 0.1) is 28.6 Å². The van der Waals surface area contributed by atoms with Crippen LogP contribution in [0.4, 0.5) is 0 Å². The molecule has 0 N–H and O–H groups in total. The van der Waals surface area contributed by atoms with Crippen molar-refractivity contribution in [1.29, 1.82) is 0 Å². The van der Waals surface area contributed by atoms with Gasteiger partial charge in [-0.05, 0) is 49.2 Å². The summed E-state index contributed by atoms with van der Waals surface area (Å²) in [6.45, 7) is 19.2. The van der Waals surface area contributed by atoms with Crippen molar-refractivity contribution in [2.24, 2.45) is 28.6 Å². The maximum Gasteiger partial charge on any atom is 0.201 e. The molecule has 4 bridgehead atoms. The van der Waals surface area contributed by atoms with Crippen LogP contribution >= 0.6 is 0 Å². The van der Waals surface area contributed by atoms with Crippen LogP contribution in [-0.2, 0) is 23.4 Å². The lowest BCUT2D eigenvalue weighted by Crippen LogP contribution is -2.72. The number of fused-ring (bicyclic) bond motifs is 5. The third kappa shape index (κ3) is 2.52. The fourth-order valence-corrected chi connectivity index (χ4v) is 9.96. The molecule has 0 aromatic rings. The average molecular weight is 465 g/mol. The Hall–Kier alpha value is -0.273. The molecule has 8 atom stereocenters. The maximum absolute atomic E-state index is 13.3. The van der Waals surface area contributed by atoms with E-state index in [1.165, 1.54) is 0 Å². The van der Waals surface area contributed by atoms with Crippen LogP contribution in [0.25, 0.3) is 0 Å². The van der Waals surface area contributed by atoms with Crippen molar-refractivity contribution in [2.45, 2.75) is 115 Å². The molecular formula is C26H44O5Si. The summed E-state index contributed by atoms with van der Waals surface area (Å²) >= 11 is 0. The van der Waals surface area contributed by atoms with Gasteiger partial charge in [0, 0.05) is 36.7 Å². The molecular weight excluding hydrogens is 420 g/mol. The molecule has 3 aliphatic heterocycles. The Bertz CT molecular complexity index is 818. The Balaban J connectivity index is 1.68. The lowest BCUT2D eigenvalue weighted by Gasteiger charge is -2.61. The summed E-state index contributed by atoms with van der Waals surface area (Å²) in [5.74, 6) is -0.158. The van der Waals surface area contributed by atoms with E-state index in [2.05, 4.69) is 54.6 Å². The minimum atomic E-state index is -1.99. The van der Waals surface area contributed by atoms with E-state index < -0.39 is 19.7 Å². The normalized spacial score (nSPS) is 49.7. The first-order chi connectivity index (χ1) is 14.7. The number of hydrogen-bond acceptors (Lipinski definition) is 5. The Morgan fingerprint density at radius 3 is 2.41 bits per heavy atom. The number of rotatable bonds is 3. The first-order valence-electron chi connectivity index (χ1n) is 12.8. The summed E-state index contributed by atoms with van der Waals surface area (Å²) in [6, 6.07) is 0. The van der Waals surface area contributed by atoms with Crippen molar-refractivity contribution < 1.29 is 23.4 Å². The van der Waals surface area contributed by atoms with Gasteiger partial charge >= 0.3 is 0 Å². The standard InChI is InChI=1S/C26H44O5Si/c1-22(2,3)32(8,9)31-20-13-10-16-15-29-26(28-7)19-12-11-17(27)21(23(19,4)5)18-14-24(20,6)25(16,26)30-18/h16,18-21H,10-15H2,1-9H3/t16-,18-,19-,20+,21-,24-,25+,26-/m1/s1. The van der Waals surface area contributed by atoms with Gasteiger partial charge in [-0.1, -0.05) is 41.5 Å². The highest BCUT2D eigenvalue weighted by Gasteiger charge is 2.84. The number of carbonyl (C=O) groups is 1. The highest BCUT2D eigenvalue weighted by molar-refractivity contribution is 6.74. The van der Waals surface area contributed by atoms with E-state index in [1.807, 2.05) is 0 Å². The maximum atomic E-state index is 13.3. The fourth-order valence-electron chi connectivity index (χ4n) is 8.52. The lowest BCUT2D eigenvalue weighted by molar-refractivity contribution is -0.340. The van der Waals surface area contributed by atoms with E-state index in [4.69, 9.17) is 18.6 Å². The Kier molecular flexibility index (Phi) is 4.90. The smallest absolute Gasteiger partial charge is 0.201 e. The van der Waals surface area contributed by atoms with Crippen LogP contribution in [0.1, 0.15) is 73.6 Å². The second kappa shape index (κ2) is 6.69. The Labute approximate surface area is 195 Å². The monoisotopic (exact) mass is 464 g/mol. The van der Waals surface area contributed by atoms with Crippen LogP contribution < -0.4 is 0 Å². The minimum Gasteiger partial charge on any atom is -0.413 e. The molecule has 3 saturated heterocycles. The summed E-state index contributed by atoms with van der Waals surface area (Å²) in [4.78, 5) is 13.3. The van der Waals surface area contributed by atoms with E-state index >= 15 is 0 Å². The molecule has 6 heteroatoms. The van der Waals surface area contributed by atoms with Crippen molar-refractivity contribution in [3.63, 3.8) is 0 Å². The molecule has 3 heterocycles. The van der Waals surface area contributed by atoms with Gasteiger partial charge < -0.3 is 18.6 Å². The van der Waals surface area contributed by atoms with Crippen molar-refractivity contribution in [3.05, 3.63) is 0 Å². The number of methoxy groups -OCH3 is 1. The van der Waals surface area contributed by atoms with Gasteiger partial charge in [-0.25, -0.2) is 0 Å². The van der Waals surface area contributed by atoms with Crippen LogP contribution in [-0.4, -0.2) is 51.4 Å². The zero-order valence-corrected chi connectivity index (χ0v) is 22.7. The molecule has 0 radical (unpaired) electrons. The number of Topliss-reactive ketones (excluding diaryl/α,β-unsaturated/α-hetero) is 1. The topological polar surface area (TPSA) is 54.0 Å². The Morgan fingerprint density at radius 1 is 1.09 bits per heavy atom. The summed E-state index contributed by atoms with van der Waals surface area (Å²) in [6.07, 6.45) is 4.33. The van der Waals surface area contributed by atoms with Crippen LogP contribution in [0.5, 0.6) is 0 Å². The van der Waals surface area contributed by atoms with Gasteiger partial charge in [0.2, 0.25) is 5.79 Å². The van der Waals surface area contributed by atoms with E-state index in [0.29, 0.717) is 18.8 Å². The minimum absolute atomic E-state index is 0.0878. The fraction of sp³-hybridized carbons (Fsp3) is 0.962. The van der Waals surface area contributed by atoms with E-state index in [0.717, 1.165) is 25.7 Å². The number of hydrogen-bond donors (Lipinski definition) is 0. The molecule has 182 valence electrons. The summed E-state index contributed by atoms with van der Waals surface area (Å²) in [5, 5.41) is 0.141. The summed E-state index contributed by atoms with van der Waals surface area (Å²) in [5.41, 5.74) is -1.03. The van der Waals surface area contributed by atoms with Gasteiger partial charge in [0.05, 0.1) is 18.8 Å². The molecule has 0 aromatic heterocycles. The highest BCUT2D eigenvalue weighted by Crippen LogP contribution is 2.74. The van der Waals surface area contributed by atoms with Crippen molar-refractivity contribution in [2.75, 3.05) is 13.7 Å². The van der Waals surface area contributed by atoms with Crippen molar-refractivity contribution in [1.82, 2.24) is 0 Å². The molecule has 5 fully saturated rings. The van der Waals surface area contributed by atoms with Gasteiger partial charge in [0.1, 0.15) is 11.4 Å². The van der Waals surface area contributed by atoms with E-state index in [9.17, 15) is 4.79 Å². The van der Waals surface area contributed by atoms with Crippen LogP contribution in [0.15, 0.2) is 0 Å². The van der Waals surface area contributed by atoms with E-state index in [1.54, 1.807) is 7.11 Å². The molecule has 5 aliphatic rings. The van der Waals surface area contributed by atoms with Gasteiger partial charge in [-0.15, -0.1) is 0 Å².